The van der Waals surface area contributed by atoms with Crippen LogP contribution in [0.5, 0.6) is 0 Å². The number of imide groups is 1. The summed E-state index contributed by atoms with van der Waals surface area (Å²) < 4.78 is 0. The molecule has 0 saturated carbocycles. The van der Waals surface area contributed by atoms with Gasteiger partial charge in [-0.3, -0.25) is 14.5 Å². The van der Waals surface area contributed by atoms with E-state index < -0.39 is 0 Å². The van der Waals surface area contributed by atoms with Gasteiger partial charge in [0.2, 0.25) is 0 Å². The molecule has 2 amide bonds. The van der Waals surface area contributed by atoms with Crippen LogP contribution >= 0.6 is 11.8 Å². The predicted octanol–water partition coefficient (Wildman–Crippen LogP) is 2.55. The van der Waals surface area contributed by atoms with Crippen molar-refractivity contribution < 1.29 is 9.59 Å². The van der Waals surface area contributed by atoms with Gasteiger partial charge in [0.25, 0.3) is 11.8 Å². The zero-order valence-corrected chi connectivity index (χ0v) is 13.4. The summed E-state index contributed by atoms with van der Waals surface area (Å²) in [6, 6.07) is 0. The Hall–Kier alpha value is -0.810. The summed E-state index contributed by atoms with van der Waals surface area (Å²) in [5.74, 6) is -0.326. The van der Waals surface area contributed by atoms with Crippen LogP contribution in [0.3, 0.4) is 0 Å². The lowest BCUT2D eigenvalue weighted by atomic mass is 10.1. The highest BCUT2D eigenvalue weighted by Crippen LogP contribution is 2.09. The van der Waals surface area contributed by atoms with Crippen molar-refractivity contribution in [3.63, 3.8) is 0 Å². The van der Waals surface area contributed by atoms with E-state index in [2.05, 4.69) is 18.5 Å². The lowest BCUT2D eigenvalue weighted by molar-refractivity contribution is -0.136. The number of amides is 2. The van der Waals surface area contributed by atoms with Gasteiger partial charge in [-0.15, -0.1) is 11.8 Å². The topological polar surface area (TPSA) is 49.4 Å². The molecule has 0 aromatic rings. The highest BCUT2D eigenvalue weighted by atomic mass is 32.2. The third-order valence-electron chi connectivity index (χ3n) is 3.49. The zero-order valence-electron chi connectivity index (χ0n) is 12.6. The summed E-state index contributed by atoms with van der Waals surface area (Å²) >= 11 is 1.84. The van der Waals surface area contributed by atoms with E-state index >= 15 is 0 Å². The maximum atomic E-state index is 11.3. The molecule has 0 bridgehead atoms. The molecule has 0 radical (unpaired) electrons. The minimum atomic E-state index is -0.163. The molecule has 4 nitrogen and oxygen atoms in total. The predicted molar refractivity (Wildman–Crippen MR) is 84.5 cm³/mol. The Morgan fingerprint density at radius 1 is 1.05 bits per heavy atom. The van der Waals surface area contributed by atoms with Crippen LogP contribution in [0.15, 0.2) is 12.2 Å². The van der Waals surface area contributed by atoms with Crippen LogP contribution < -0.4 is 5.32 Å². The molecule has 0 fully saturated rings. The van der Waals surface area contributed by atoms with E-state index in [4.69, 9.17) is 0 Å². The molecule has 1 aliphatic heterocycles. The van der Waals surface area contributed by atoms with Crippen molar-refractivity contribution in [3.05, 3.63) is 12.2 Å². The van der Waals surface area contributed by atoms with Gasteiger partial charge in [-0.1, -0.05) is 25.7 Å². The molecular weight excluding hydrogens is 272 g/mol. The first-order valence-corrected chi connectivity index (χ1v) is 8.73. The first-order chi connectivity index (χ1) is 9.65. The van der Waals surface area contributed by atoms with E-state index in [1.807, 2.05) is 11.8 Å². The van der Waals surface area contributed by atoms with Crippen LogP contribution in [-0.2, 0) is 9.59 Å². The fraction of sp³-hybridized carbons (Fsp3) is 0.733. The van der Waals surface area contributed by atoms with Crippen molar-refractivity contribution in [2.45, 2.75) is 50.8 Å². The van der Waals surface area contributed by atoms with Crippen LogP contribution in [-0.4, -0.2) is 41.4 Å². The smallest absolute Gasteiger partial charge is 0.253 e. The third kappa shape index (κ3) is 6.57. The van der Waals surface area contributed by atoms with Gasteiger partial charge in [-0.2, -0.15) is 0 Å². The summed E-state index contributed by atoms with van der Waals surface area (Å²) in [6.07, 6.45) is 11.7. The number of hydrogen-bond acceptors (Lipinski definition) is 4. The van der Waals surface area contributed by atoms with Gasteiger partial charge >= 0.3 is 0 Å². The molecule has 1 heterocycles. The molecule has 5 heteroatoms. The molecule has 1 aliphatic rings. The van der Waals surface area contributed by atoms with Crippen molar-refractivity contribution in [1.29, 1.82) is 0 Å². The molecule has 0 aliphatic carbocycles. The highest BCUT2D eigenvalue weighted by Gasteiger charge is 2.21. The first-order valence-electron chi connectivity index (χ1n) is 7.45. The van der Waals surface area contributed by atoms with Gasteiger partial charge in [0.05, 0.1) is 5.37 Å². The normalized spacial score (nSPS) is 16.2. The highest BCUT2D eigenvalue weighted by molar-refractivity contribution is 7.99. The number of unbranched alkanes of at least 4 members (excludes halogenated alkanes) is 5. The quantitative estimate of drug-likeness (QED) is 0.362. The van der Waals surface area contributed by atoms with Gasteiger partial charge in [0.1, 0.15) is 0 Å². The number of carbonyl (C=O) groups is 2. The van der Waals surface area contributed by atoms with Gasteiger partial charge < -0.3 is 5.32 Å². The molecule has 1 N–H and O–H groups in total. The molecule has 0 aromatic carbocycles. The summed E-state index contributed by atoms with van der Waals surface area (Å²) in [7, 11) is 0. The van der Waals surface area contributed by atoms with Gasteiger partial charge in [0.15, 0.2) is 0 Å². The van der Waals surface area contributed by atoms with Crippen molar-refractivity contribution >= 4 is 23.6 Å². The second-order valence-corrected chi connectivity index (χ2v) is 6.29. The standard InChI is InChI=1S/C15H26N2O2S/c1-13(20-2)16-11-7-5-3-4-6-8-12-17-14(18)9-10-15(17)19/h9-10,13,16H,3-8,11-12H2,1-2H3. The molecule has 0 spiro atoms. The second-order valence-electron chi connectivity index (χ2n) is 5.11. The number of nitrogens with one attached hydrogen (secondary N) is 1. The van der Waals surface area contributed by atoms with Crippen LogP contribution in [0.1, 0.15) is 45.4 Å². The van der Waals surface area contributed by atoms with E-state index in [1.165, 1.54) is 42.7 Å². The van der Waals surface area contributed by atoms with E-state index in [1.54, 1.807) is 0 Å². The Balaban J connectivity index is 1.88. The number of carbonyl (C=O) groups excluding carboxylic acids is 2. The average Bonchev–Trinajstić information content (AvgIpc) is 2.76. The van der Waals surface area contributed by atoms with Gasteiger partial charge in [-0.05, 0) is 32.6 Å². The van der Waals surface area contributed by atoms with Crippen molar-refractivity contribution in [3.8, 4) is 0 Å². The van der Waals surface area contributed by atoms with Gasteiger partial charge in [-0.25, -0.2) is 0 Å². The number of nitrogens with zero attached hydrogens (tertiary/aromatic N) is 1. The lowest BCUT2D eigenvalue weighted by Gasteiger charge is -2.13. The molecular formula is C15H26N2O2S. The average molecular weight is 298 g/mol. The SMILES string of the molecule is CSC(C)NCCCCCCCCN1C(=O)C=CC1=O. The minimum Gasteiger partial charge on any atom is -0.306 e. The third-order valence-corrected chi connectivity index (χ3v) is 4.37. The Labute approximate surface area is 126 Å². The molecule has 0 saturated heterocycles. The molecule has 1 atom stereocenters. The summed E-state index contributed by atoms with van der Waals surface area (Å²) in [4.78, 5) is 24.0. The maximum absolute atomic E-state index is 11.3. The van der Waals surface area contributed by atoms with E-state index in [0.717, 1.165) is 19.4 Å². The molecule has 0 aromatic heterocycles. The minimum absolute atomic E-state index is 0.163. The Morgan fingerprint density at radius 2 is 1.60 bits per heavy atom. The lowest BCUT2D eigenvalue weighted by Crippen LogP contribution is -2.30. The fourth-order valence-corrected chi connectivity index (χ4v) is 2.43. The van der Waals surface area contributed by atoms with Crippen LogP contribution in [0, 0.1) is 0 Å². The number of hydrogen-bond donors (Lipinski definition) is 1. The largest absolute Gasteiger partial charge is 0.306 e. The molecule has 1 rings (SSSR count). The zero-order chi connectivity index (χ0) is 14.8. The van der Waals surface area contributed by atoms with Crippen molar-refractivity contribution in [2.75, 3.05) is 19.3 Å². The van der Waals surface area contributed by atoms with Gasteiger partial charge in [0, 0.05) is 18.7 Å². The van der Waals surface area contributed by atoms with E-state index in [9.17, 15) is 9.59 Å². The Bertz CT molecular complexity index is 327. The summed E-state index contributed by atoms with van der Waals surface area (Å²) in [6.45, 7) is 3.84. The van der Waals surface area contributed by atoms with Crippen LogP contribution in [0.2, 0.25) is 0 Å². The first kappa shape index (κ1) is 17.2. The summed E-state index contributed by atoms with van der Waals surface area (Å²) in [5, 5.41) is 4.00. The molecule has 1 unspecified atom stereocenters. The van der Waals surface area contributed by atoms with Crippen LogP contribution in [0.25, 0.3) is 0 Å². The number of rotatable bonds is 11. The van der Waals surface area contributed by atoms with Crippen molar-refractivity contribution in [2.24, 2.45) is 0 Å². The molecule has 20 heavy (non-hydrogen) atoms. The van der Waals surface area contributed by atoms with Crippen LogP contribution in [0.4, 0.5) is 0 Å². The Morgan fingerprint density at radius 3 is 2.20 bits per heavy atom. The molecule has 114 valence electrons. The number of thioether (sulfide) groups is 1. The Kier molecular flexibility index (Phi) is 8.62. The fourth-order valence-electron chi connectivity index (χ4n) is 2.14. The summed E-state index contributed by atoms with van der Waals surface area (Å²) in [5.41, 5.74) is 0. The van der Waals surface area contributed by atoms with E-state index in [-0.39, 0.29) is 11.8 Å². The van der Waals surface area contributed by atoms with Crippen molar-refractivity contribution in [1.82, 2.24) is 10.2 Å². The monoisotopic (exact) mass is 298 g/mol. The van der Waals surface area contributed by atoms with E-state index in [0.29, 0.717) is 11.9 Å². The maximum Gasteiger partial charge on any atom is 0.253 e. The second kappa shape index (κ2) is 10.00.